The van der Waals surface area contributed by atoms with Crippen molar-refractivity contribution in [3.8, 4) is 6.07 Å². The minimum Gasteiger partial charge on any atom is -0.324 e. The second kappa shape index (κ2) is 9.41. The van der Waals surface area contributed by atoms with Crippen molar-refractivity contribution < 1.29 is 4.57 Å². The van der Waals surface area contributed by atoms with Crippen molar-refractivity contribution in [1.29, 1.82) is 5.26 Å². The third-order valence-corrected chi connectivity index (χ3v) is 8.13. The minimum absolute atomic E-state index is 0.306. The van der Waals surface area contributed by atoms with Gasteiger partial charge in [-0.3, -0.25) is 4.90 Å². The number of hydrogen-bond donors (Lipinski definition) is 2. The van der Waals surface area contributed by atoms with E-state index in [0.717, 1.165) is 31.7 Å². The van der Waals surface area contributed by atoms with Crippen LogP contribution < -0.4 is 16.1 Å². The van der Waals surface area contributed by atoms with Gasteiger partial charge in [-0.05, 0) is 86.0 Å². The Kier molecular flexibility index (Phi) is 6.31. The summed E-state index contributed by atoms with van der Waals surface area (Å²) in [5.41, 5.74) is 6.15. The predicted molar refractivity (Wildman–Crippen MR) is 140 cm³/mol. The molecule has 2 N–H and O–H groups in total. The van der Waals surface area contributed by atoms with Crippen molar-refractivity contribution in [3.63, 3.8) is 0 Å². The molecule has 1 atom stereocenters. The van der Waals surface area contributed by atoms with Gasteiger partial charge in [-0.15, -0.1) is 0 Å². The zero-order valence-corrected chi connectivity index (χ0v) is 21.3. The summed E-state index contributed by atoms with van der Waals surface area (Å²) in [5.74, 6) is 1.87. The van der Waals surface area contributed by atoms with Crippen molar-refractivity contribution in [2.45, 2.75) is 38.6 Å². The first-order valence-electron chi connectivity index (χ1n) is 12.1. The van der Waals surface area contributed by atoms with Gasteiger partial charge in [0.2, 0.25) is 5.95 Å². The third kappa shape index (κ3) is 4.93. The molecule has 35 heavy (non-hydrogen) atoms. The molecule has 0 fully saturated rings. The number of hydrogen-bond acceptors (Lipinski definition) is 8. The quantitative estimate of drug-likeness (QED) is 0.481. The molecule has 3 heterocycles. The van der Waals surface area contributed by atoms with Gasteiger partial charge in [-0.2, -0.15) is 10.2 Å². The fourth-order valence-electron chi connectivity index (χ4n) is 5.10. The van der Waals surface area contributed by atoms with Crippen molar-refractivity contribution in [3.05, 3.63) is 58.8 Å². The van der Waals surface area contributed by atoms with Crippen LogP contribution in [0.4, 0.5) is 23.3 Å². The predicted octanol–water partition coefficient (Wildman–Crippen LogP) is 4.73. The van der Waals surface area contributed by atoms with Crippen LogP contribution >= 0.6 is 7.14 Å². The number of anilines is 4. The highest BCUT2D eigenvalue weighted by Gasteiger charge is 2.30. The van der Waals surface area contributed by atoms with Crippen LogP contribution in [0, 0.1) is 11.3 Å². The lowest BCUT2D eigenvalue weighted by Gasteiger charge is -2.38. The molecule has 0 bridgehead atoms. The number of nitrogens with zero attached hydrogens (tertiary/aromatic N) is 5. The van der Waals surface area contributed by atoms with Crippen molar-refractivity contribution in [2.75, 3.05) is 37.1 Å². The van der Waals surface area contributed by atoms with Gasteiger partial charge in [0.05, 0.1) is 6.20 Å². The van der Waals surface area contributed by atoms with E-state index in [1.807, 2.05) is 0 Å². The molecule has 0 saturated carbocycles. The molecule has 0 spiro atoms. The van der Waals surface area contributed by atoms with E-state index < -0.39 is 7.14 Å². The summed E-state index contributed by atoms with van der Waals surface area (Å²) in [4.78, 5) is 15.9. The molecule has 9 heteroatoms. The molecular weight excluding hydrogens is 457 g/mol. The van der Waals surface area contributed by atoms with E-state index in [1.165, 1.54) is 30.2 Å². The second-order valence-corrected chi connectivity index (χ2v) is 12.8. The van der Waals surface area contributed by atoms with Crippen LogP contribution in [-0.4, -0.2) is 46.3 Å². The van der Waals surface area contributed by atoms with Crippen LogP contribution in [0.15, 0.2) is 36.5 Å². The van der Waals surface area contributed by atoms with E-state index in [2.05, 4.69) is 55.6 Å². The maximum atomic E-state index is 12.4. The Balaban J connectivity index is 1.44. The van der Waals surface area contributed by atoms with Gasteiger partial charge in [0, 0.05) is 18.8 Å². The van der Waals surface area contributed by atoms with Gasteiger partial charge in [-0.25, -0.2) is 9.97 Å². The van der Waals surface area contributed by atoms with Gasteiger partial charge in [0.1, 0.15) is 30.0 Å². The summed E-state index contributed by atoms with van der Waals surface area (Å²) >= 11 is 0. The lowest BCUT2D eigenvalue weighted by Crippen LogP contribution is -2.35. The molecule has 5 rings (SSSR count). The number of pyridine rings is 1. The van der Waals surface area contributed by atoms with Gasteiger partial charge in [0.15, 0.2) is 5.82 Å². The van der Waals surface area contributed by atoms with E-state index in [-0.39, 0.29) is 0 Å². The fourth-order valence-corrected chi connectivity index (χ4v) is 5.89. The lowest BCUT2D eigenvalue weighted by atomic mass is 9.77. The Labute approximate surface area is 206 Å². The Hall–Kier alpha value is -3.27. The van der Waals surface area contributed by atoms with Crippen molar-refractivity contribution in [2.24, 2.45) is 0 Å². The monoisotopic (exact) mass is 487 g/mol. The van der Waals surface area contributed by atoms with E-state index >= 15 is 0 Å². The molecule has 2 aliphatic rings. The number of nitrogens with one attached hydrogen (secondary N) is 2. The van der Waals surface area contributed by atoms with E-state index in [4.69, 9.17) is 0 Å². The highest BCUT2D eigenvalue weighted by atomic mass is 31.2. The van der Waals surface area contributed by atoms with Crippen molar-refractivity contribution >= 4 is 35.8 Å². The highest BCUT2D eigenvalue weighted by Crippen LogP contribution is 2.40. The fraction of sp³-hybridized carbons (Fsp3) is 0.385. The second-order valence-electron chi connectivity index (χ2n) is 9.67. The molecule has 3 aromatic rings. The average molecular weight is 488 g/mol. The average Bonchev–Trinajstić information content (AvgIpc) is 2.84. The summed E-state index contributed by atoms with van der Waals surface area (Å²) in [6.45, 7) is 8.75. The lowest BCUT2D eigenvalue weighted by molar-refractivity contribution is 0.231. The molecule has 180 valence electrons. The topological polar surface area (TPSA) is 107 Å². The maximum Gasteiger partial charge on any atom is 0.229 e. The minimum atomic E-state index is -2.51. The van der Waals surface area contributed by atoms with E-state index in [9.17, 15) is 9.83 Å². The standard InChI is InChI=1S/C26H30N7OP/c1-4-33-15-18-8-5-7-17-11-21(12-19(16-33)24(17)18)29-26-28-14-20(13-27)25(32-26)31-22-9-6-10-23(30-22)35(2,3)34/h6,9-12,14,18H,4-5,7-8,15-16H2,1-3H3,(H2,28,29,30,31,32)/t18-/m0/s1. The summed E-state index contributed by atoms with van der Waals surface area (Å²) in [6, 6.07) is 11.9. The van der Waals surface area contributed by atoms with Crippen molar-refractivity contribution in [1.82, 2.24) is 19.9 Å². The zero-order valence-electron chi connectivity index (χ0n) is 20.4. The molecule has 2 aromatic heterocycles. The molecule has 0 saturated heterocycles. The van der Waals surface area contributed by atoms with Crippen LogP contribution in [0.25, 0.3) is 0 Å². The zero-order chi connectivity index (χ0) is 24.6. The number of aryl methyl sites for hydroxylation is 1. The van der Waals surface area contributed by atoms with Gasteiger partial charge in [-0.1, -0.05) is 13.0 Å². The molecule has 1 aliphatic heterocycles. The van der Waals surface area contributed by atoms with Crippen LogP contribution in [0.3, 0.4) is 0 Å². The highest BCUT2D eigenvalue weighted by molar-refractivity contribution is 7.69. The summed E-state index contributed by atoms with van der Waals surface area (Å²) < 4.78 is 12.4. The number of aromatic nitrogens is 3. The molecule has 0 unspecified atom stereocenters. The van der Waals surface area contributed by atoms with E-state index in [0.29, 0.717) is 34.5 Å². The van der Waals surface area contributed by atoms with Crippen LogP contribution in [0.5, 0.6) is 0 Å². The van der Waals surface area contributed by atoms with Gasteiger partial charge >= 0.3 is 0 Å². The number of likely N-dealkylation sites (N-methyl/N-ethyl adjacent to an activating group) is 1. The Morgan fingerprint density at radius 3 is 2.80 bits per heavy atom. The first kappa shape index (κ1) is 23.5. The van der Waals surface area contributed by atoms with Crippen LogP contribution in [-0.2, 0) is 17.5 Å². The SMILES string of the molecule is CCN1Cc2cc(Nc3ncc(C#N)c(Nc4cccc(P(C)(C)=O)n4)n3)cc3c2[C@@H](CCC3)C1. The normalized spacial score (nSPS) is 17.4. The van der Waals surface area contributed by atoms with Crippen LogP contribution in [0.2, 0.25) is 0 Å². The Bertz CT molecular complexity index is 1360. The Morgan fingerprint density at radius 1 is 1.20 bits per heavy atom. The summed E-state index contributed by atoms with van der Waals surface area (Å²) in [6.07, 6.45) is 5.08. The smallest absolute Gasteiger partial charge is 0.229 e. The molecule has 0 amide bonds. The number of benzene rings is 1. The van der Waals surface area contributed by atoms with E-state index in [1.54, 1.807) is 37.1 Å². The van der Waals surface area contributed by atoms with Gasteiger partial charge < -0.3 is 15.2 Å². The largest absolute Gasteiger partial charge is 0.324 e. The molecule has 1 aromatic carbocycles. The summed E-state index contributed by atoms with van der Waals surface area (Å²) in [5, 5.41) is 16.1. The first-order valence-corrected chi connectivity index (χ1v) is 14.7. The molecular formula is C26H30N7OP. The first-order chi connectivity index (χ1) is 16.8. The number of nitriles is 1. The van der Waals surface area contributed by atoms with Gasteiger partial charge in [0.25, 0.3) is 0 Å². The molecule has 0 radical (unpaired) electrons. The summed E-state index contributed by atoms with van der Waals surface area (Å²) in [7, 11) is -2.51. The molecule has 1 aliphatic carbocycles. The third-order valence-electron chi connectivity index (χ3n) is 6.78. The molecule has 8 nitrogen and oxygen atoms in total. The van der Waals surface area contributed by atoms with Crippen LogP contribution in [0.1, 0.15) is 47.9 Å². The maximum absolute atomic E-state index is 12.4. The number of rotatable bonds is 6. The Morgan fingerprint density at radius 2 is 2.03 bits per heavy atom.